The van der Waals surface area contributed by atoms with Crippen LogP contribution in [0.3, 0.4) is 0 Å². The molecule has 0 aliphatic heterocycles. The molecule has 21 heavy (non-hydrogen) atoms. The summed E-state index contributed by atoms with van der Waals surface area (Å²) in [6, 6.07) is 4.70. The monoisotopic (exact) mass is 312 g/mol. The van der Waals surface area contributed by atoms with Crippen LogP contribution in [0.2, 0.25) is 5.02 Å². The zero-order valence-electron chi connectivity index (χ0n) is 12.3. The summed E-state index contributed by atoms with van der Waals surface area (Å²) in [5.41, 5.74) is 6.36. The molecule has 116 valence electrons. The number of carboxylic acid groups (broad SMARTS) is 1. The maximum Gasteiger partial charge on any atom is 0.303 e. The van der Waals surface area contributed by atoms with Gasteiger partial charge in [0, 0.05) is 29.2 Å². The van der Waals surface area contributed by atoms with E-state index in [0.717, 1.165) is 0 Å². The van der Waals surface area contributed by atoms with Crippen molar-refractivity contribution >= 4 is 29.2 Å². The van der Waals surface area contributed by atoms with Gasteiger partial charge in [-0.25, -0.2) is 0 Å². The van der Waals surface area contributed by atoms with Gasteiger partial charge in [0.05, 0.1) is 0 Å². The molecule has 0 radical (unpaired) electrons. The average Bonchev–Trinajstić information content (AvgIpc) is 2.35. The molecule has 0 unspecified atom stereocenters. The van der Waals surface area contributed by atoms with Crippen LogP contribution in [0, 0.1) is 5.41 Å². The van der Waals surface area contributed by atoms with Crippen LogP contribution in [0.15, 0.2) is 18.2 Å². The van der Waals surface area contributed by atoms with E-state index in [1.165, 1.54) is 0 Å². The minimum atomic E-state index is -0.804. The van der Waals surface area contributed by atoms with Gasteiger partial charge in [0.25, 0.3) is 5.91 Å². The van der Waals surface area contributed by atoms with E-state index in [1.807, 2.05) is 13.8 Å². The molecule has 0 aliphatic carbocycles. The second-order valence-corrected chi connectivity index (χ2v) is 6.27. The summed E-state index contributed by atoms with van der Waals surface area (Å²) in [4.78, 5) is 22.6. The summed E-state index contributed by atoms with van der Waals surface area (Å²) in [5, 5.41) is 11.9. The molecule has 4 N–H and O–H groups in total. The van der Waals surface area contributed by atoms with Gasteiger partial charge in [-0.15, -0.1) is 0 Å². The summed E-state index contributed by atoms with van der Waals surface area (Å²) < 4.78 is 0. The number of rotatable bonds is 7. The molecule has 0 fully saturated rings. The van der Waals surface area contributed by atoms with Gasteiger partial charge < -0.3 is 16.2 Å². The molecule has 0 saturated carbocycles. The number of anilines is 1. The van der Waals surface area contributed by atoms with Crippen molar-refractivity contribution in [3.8, 4) is 0 Å². The van der Waals surface area contributed by atoms with Gasteiger partial charge in [0.1, 0.15) is 0 Å². The van der Waals surface area contributed by atoms with Crippen molar-refractivity contribution in [2.75, 3.05) is 12.3 Å². The Morgan fingerprint density at radius 3 is 2.52 bits per heavy atom. The SMILES string of the molecule is CC(C)(CCNC(=O)c1cc(N)cc(Cl)c1)CCC(=O)O. The topological polar surface area (TPSA) is 92.4 Å². The van der Waals surface area contributed by atoms with E-state index < -0.39 is 5.97 Å². The van der Waals surface area contributed by atoms with E-state index >= 15 is 0 Å². The number of benzene rings is 1. The molecule has 0 saturated heterocycles. The van der Waals surface area contributed by atoms with Crippen LogP contribution in [0.25, 0.3) is 0 Å². The molecular formula is C15H21ClN2O3. The molecule has 0 bridgehead atoms. The van der Waals surface area contributed by atoms with Crippen molar-refractivity contribution in [1.29, 1.82) is 0 Å². The molecule has 1 aromatic carbocycles. The standard InChI is InChI=1S/C15H21ClN2O3/c1-15(2,4-3-13(19)20)5-6-18-14(21)10-7-11(16)9-12(17)8-10/h7-9H,3-6,17H2,1-2H3,(H,18,21)(H,19,20). The van der Waals surface area contributed by atoms with Crippen molar-refractivity contribution in [1.82, 2.24) is 5.32 Å². The lowest BCUT2D eigenvalue weighted by atomic mass is 9.84. The highest BCUT2D eigenvalue weighted by molar-refractivity contribution is 6.31. The highest BCUT2D eigenvalue weighted by atomic mass is 35.5. The maximum atomic E-state index is 12.0. The van der Waals surface area contributed by atoms with Gasteiger partial charge in [-0.3, -0.25) is 9.59 Å². The van der Waals surface area contributed by atoms with E-state index in [4.69, 9.17) is 22.4 Å². The lowest BCUT2D eigenvalue weighted by Crippen LogP contribution is -2.28. The van der Waals surface area contributed by atoms with Gasteiger partial charge in [-0.2, -0.15) is 0 Å². The summed E-state index contributed by atoms with van der Waals surface area (Å²) in [6.07, 6.45) is 1.40. The van der Waals surface area contributed by atoms with Gasteiger partial charge in [-0.1, -0.05) is 25.4 Å². The number of nitrogens with one attached hydrogen (secondary N) is 1. The van der Waals surface area contributed by atoms with Gasteiger partial charge in [0.15, 0.2) is 0 Å². The van der Waals surface area contributed by atoms with Crippen LogP contribution < -0.4 is 11.1 Å². The largest absolute Gasteiger partial charge is 0.481 e. The second-order valence-electron chi connectivity index (χ2n) is 5.84. The summed E-state index contributed by atoms with van der Waals surface area (Å²) in [7, 11) is 0. The molecule has 6 heteroatoms. The Bertz CT molecular complexity index is 509. The minimum Gasteiger partial charge on any atom is -0.481 e. The second kappa shape index (κ2) is 7.31. The van der Waals surface area contributed by atoms with Crippen molar-refractivity contribution in [2.45, 2.75) is 33.1 Å². The van der Waals surface area contributed by atoms with Crippen LogP contribution in [-0.2, 0) is 4.79 Å². The third-order valence-electron chi connectivity index (χ3n) is 3.29. The van der Waals surface area contributed by atoms with Crippen LogP contribution in [-0.4, -0.2) is 23.5 Å². The zero-order valence-corrected chi connectivity index (χ0v) is 13.0. The smallest absolute Gasteiger partial charge is 0.303 e. The Kier molecular flexibility index (Phi) is 6.03. The Morgan fingerprint density at radius 1 is 1.29 bits per heavy atom. The Morgan fingerprint density at radius 2 is 1.95 bits per heavy atom. The predicted octanol–water partition coefficient (Wildman–Crippen LogP) is 2.93. The first-order chi connectivity index (χ1) is 9.69. The zero-order chi connectivity index (χ0) is 16.0. The Balaban J connectivity index is 2.47. The van der Waals surface area contributed by atoms with Crippen molar-refractivity contribution in [3.05, 3.63) is 28.8 Å². The number of amides is 1. The molecule has 0 aromatic heterocycles. The number of carboxylic acids is 1. The van der Waals surface area contributed by atoms with Crippen LogP contribution in [0.1, 0.15) is 43.5 Å². The summed E-state index contributed by atoms with van der Waals surface area (Å²) in [6.45, 7) is 4.44. The quantitative estimate of drug-likeness (QED) is 0.675. The highest BCUT2D eigenvalue weighted by Gasteiger charge is 2.19. The third-order valence-corrected chi connectivity index (χ3v) is 3.50. The fourth-order valence-corrected chi connectivity index (χ4v) is 2.17. The minimum absolute atomic E-state index is 0.131. The number of nitrogen functional groups attached to an aromatic ring is 1. The van der Waals surface area contributed by atoms with Crippen LogP contribution >= 0.6 is 11.6 Å². The predicted molar refractivity (Wildman–Crippen MR) is 83.5 cm³/mol. The van der Waals surface area contributed by atoms with Gasteiger partial charge >= 0.3 is 5.97 Å². The molecule has 5 nitrogen and oxygen atoms in total. The molecule has 0 aliphatic rings. The normalized spacial score (nSPS) is 11.2. The molecular weight excluding hydrogens is 292 g/mol. The number of carbonyl (C=O) groups excluding carboxylic acids is 1. The number of hydrogen-bond donors (Lipinski definition) is 3. The van der Waals surface area contributed by atoms with Crippen LogP contribution in [0.5, 0.6) is 0 Å². The first kappa shape index (κ1) is 17.3. The maximum absolute atomic E-state index is 12.0. The number of halogens is 1. The van der Waals surface area contributed by atoms with Gasteiger partial charge in [-0.05, 0) is 36.5 Å². The molecule has 0 heterocycles. The first-order valence-electron chi connectivity index (χ1n) is 6.76. The lowest BCUT2D eigenvalue weighted by Gasteiger charge is -2.23. The van der Waals surface area contributed by atoms with Crippen molar-refractivity contribution in [2.24, 2.45) is 5.41 Å². The summed E-state index contributed by atoms with van der Waals surface area (Å²) in [5.74, 6) is -1.04. The Labute approximate surface area is 129 Å². The molecule has 0 spiro atoms. The number of aliphatic carboxylic acids is 1. The number of carbonyl (C=O) groups is 2. The summed E-state index contributed by atoms with van der Waals surface area (Å²) >= 11 is 5.86. The Hall–Kier alpha value is -1.75. The van der Waals surface area contributed by atoms with E-state index in [9.17, 15) is 9.59 Å². The fraction of sp³-hybridized carbons (Fsp3) is 0.467. The van der Waals surface area contributed by atoms with Gasteiger partial charge in [0.2, 0.25) is 0 Å². The lowest BCUT2D eigenvalue weighted by molar-refractivity contribution is -0.137. The third kappa shape index (κ3) is 6.49. The van der Waals surface area contributed by atoms with Crippen LogP contribution in [0.4, 0.5) is 5.69 Å². The van der Waals surface area contributed by atoms with E-state index in [1.54, 1.807) is 18.2 Å². The molecule has 1 amide bonds. The van der Waals surface area contributed by atoms with E-state index in [2.05, 4.69) is 5.32 Å². The average molecular weight is 313 g/mol. The first-order valence-corrected chi connectivity index (χ1v) is 7.13. The highest BCUT2D eigenvalue weighted by Crippen LogP contribution is 2.26. The molecule has 0 atom stereocenters. The molecule has 1 aromatic rings. The van der Waals surface area contributed by atoms with Crippen molar-refractivity contribution < 1.29 is 14.7 Å². The fourth-order valence-electron chi connectivity index (χ4n) is 1.93. The number of nitrogens with two attached hydrogens (primary N) is 1. The number of hydrogen-bond acceptors (Lipinski definition) is 3. The molecule has 1 rings (SSSR count). The van der Waals surface area contributed by atoms with E-state index in [-0.39, 0.29) is 17.7 Å². The van der Waals surface area contributed by atoms with E-state index in [0.29, 0.717) is 35.7 Å². The van der Waals surface area contributed by atoms with Crippen molar-refractivity contribution in [3.63, 3.8) is 0 Å².